The van der Waals surface area contributed by atoms with Crippen molar-refractivity contribution in [3.63, 3.8) is 0 Å². The van der Waals surface area contributed by atoms with Gasteiger partial charge in [0.15, 0.2) is 0 Å². The van der Waals surface area contributed by atoms with E-state index in [2.05, 4.69) is 63.7 Å². The second-order valence-corrected chi connectivity index (χ2v) is 5.63. The predicted molar refractivity (Wildman–Crippen MR) is 79.7 cm³/mol. The molecule has 2 heteroatoms. The van der Waals surface area contributed by atoms with Crippen molar-refractivity contribution in [1.29, 1.82) is 0 Å². The molecular formula is C16H16BrN. The number of rotatable bonds is 2. The maximum absolute atomic E-state index is 3.63. The first-order chi connectivity index (χ1) is 8.79. The average molecular weight is 302 g/mol. The third kappa shape index (κ3) is 2.00. The fourth-order valence-corrected chi connectivity index (χ4v) is 3.29. The lowest BCUT2D eigenvalue weighted by Gasteiger charge is -2.11. The number of fused-ring (bicyclic) bond motifs is 1. The molecule has 0 bridgehead atoms. The summed E-state index contributed by atoms with van der Waals surface area (Å²) in [6.07, 6.45) is 2.39. The minimum absolute atomic E-state index is 0.535. The van der Waals surface area contributed by atoms with Crippen LogP contribution < -0.4 is 5.32 Å². The highest BCUT2D eigenvalue weighted by Gasteiger charge is 2.21. The lowest BCUT2D eigenvalue weighted by molar-refractivity contribution is 0.590. The molecule has 0 saturated carbocycles. The number of halogens is 1. The zero-order chi connectivity index (χ0) is 12.5. The number of aryl methyl sites for hydroxylation is 1. The highest BCUT2D eigenvalue weighted by Crippen LogP contribution is 2.35. The zero-order valence-electron chi connectivity index (χ0n) is 10.4. The van der Waals surface area contributed by atoms with Gasteiger partial charge in [0.2, 0.25) is 0 Å². The molecule has 0 radical (unpaired) electrons. The predicted octanol–water partition coefficient (Wildman–Crippen LogP) is 4.32. The van der Waals surface area contributed by atoms with Crippen LogP contribution in [0.25, 0.3) is 11.1 Å². The van der Waals surface area contributed by atoms with Crippen molar-refractivity contribution in [2.45, 2.75) is 18.9 Å². The van der Waals surface area contributed by atoms with Gasteiger partial charge in [-0.3, -0.25) is 0 Å². The molecule has 0 spiro atoms. The third-order valence-electron chi connectivity index (χ3n) is 3.75. The molecular weight excluding hydrogens is 286 g/mol. The van der Waals surface area contributed by atoms with Crippen LogP contribution in [0.3, 0.4) is 0 Å². The number of hydrogen-bond donors (Lipinski definition) is 1. The molecule has 92 valence electrons. The van der Waals surface area contributed by atoms with Crippen molar-refractivity contribution >= 4 is 15.9 Å². The Kier molecular flexibility index (Phi) is 3.23. The normalized spacial score (nSPS) is 17.8. The summed E-state index contributed by atoms with van der Waals surface area (Å²) in [4.78, 5) is 0. The lowest BCUT2D eigenvalue weighted by Crippen LogP contribution is -2.12. The van der Waals surface area contributed by atoms with Crippen LogP contribution in [-0.4, -0.2) is 7.05 Å². The van der Waals surface area contributed by atoms with Crippen molar-refractivity contribution in [3.05, 3.63) is 58.1 Å². The lowest BCUT2D eigenvalue weighted by atomic mass is 10.00. The van der Waals surface area contributed by atoms with E-state index in [-0.39, 0.29) is 0 Å². The molecule has 2 aromatic carbocycles. The smallest absolute Gasteiger partial charge is 0.0323 e. The van der Waals surface area contributed by atoms with Gasteiger partial charge in [-0.1, -0.05) is 52.3 Å². The monoisotopic (exact) mass is 301 g/mol. The van der Waals surface area contributed by atoms with Crippen molar-refractivity contribution in [2.75, 3.05) is 7.05 Å². The summed E-state index contributed by atoms with van der Waals surface area (Å²) in [5, 5.41) is 3.38. The van der Waals surface area contributed by atoms with Crippen LogP contribution in [0.15, 0.2) is 46.9 Å². The molecule has 3 rings (SSSR count). The Hall–Kier alpha value is -1.12. The molecule has 0 amide bonds. The van der Waals surface area contributed by atoms with E-state index >= 15 is 0 Å². The Bertz CT molecular complexity index is 577. The zero-order valence-corrected chi connectivity index (χ0v) is 12.0. The molecule has 1 nitrogen and oxygen atoms in total. The van der Waals surface area contributed by atoms with E-state index in [1.807, 2.05) is 7.05 Å². The highest BCUT2D eigenvalue weighted by atomic mass is 79.9. The summed E-state index contributed by atoms with van der Waals surface area (Å²) < 4.78 is 1.16. The van der Waals surface area contributed by atoms with Gasteiger partial charge in [-0.25, -0.2) is 0 Å². The van der Waals surface area contributed by atoms with Gasteiger partial charge >= 0.3 is 0 Å². The number of nitrogens with one attached hydrogen (secondary N) is 1. The average Bonchev–Trinajstić information content (AvgIpc) is 2.81. The molecule has 0 aromatic heterocycles. The fraction of sp³-hybridized carbons (Fsp3) is 0.250. The molecule has 0 aliphatic heterocycles. The second-order valence-electron chi connectivity index (χ2n) is 4.77. The molecule has 0 saturated heterocycles. The van der Waals surface area contributed by atoms with Crippen LogP contribution in [-0.2, 0) is 6.42 Å². The van der Waals surface area contributed by atoms with Gasteiger partial charge in [-0.2, -0.15) is 0 Å². The molecule has 1 unspecified atom stereocenters. The van der Waals surface area contributed by atoms with Crippen LogP contribution in [0.1, 0.15) is 23.6 Å². The van der Waals surface area contributed by atoms with Gasteiger partial charge in [0, 0.05) is 10.5 Å². The van der Waals surface area contributed by atoms with Crippen LogP contribution >= 0.6 is 15.9 Å². The number of hydrogen-bond acceptors (Lipinski definition) is 1. The summed E-state index contributed by atoms with van der Waals surface area (Å²) in [6, 6.07) is 15.8. The van der Waals surface area contributed by atoms with E-state index < -0.39 is 0 Å². The van der Waals surface area contributed by atoms with Gasteiger partial charge < -0.3 is 5.32 Å². The summed E-state index contributed by atoms with van der Waals surface area (Å²) in [6.45, 7) is 0. The largest absolute Gasteiger partial charge is 0.313 e. The topological polar surface area (TPSA) is 12.0 Å². The molecule has 0 fully saturated rings. The molecule has 2 aromatic rings. The Morgan fingerprint density at radius 2 is 2.00 bits per heavy atom. The molecule has 18 heavy (non-hydrogen) atoms. The minimum atomic E-state index is 0.535. The number of benzene rings is 2. The van der Waals surface area contributed by atoms with Crippen molar-refractivity contribution < 1.29 is 0 Å². The second kappa shape index (κ2) is 4.87. The van der Waals surface area contributed by atoms with E-state index in [0.717, 1.165) is 4.47 Å². The van der Waals surface area contributed by atoms with Crippen LogP contribution in [0.5, 0.6) is 0 Å². The maximum atomic E-state index is 3.63. The molecule has 1 N–H and O–H groups in total. The van der Waals surface area contributed by atoms with Crippen LogP contribution in [0.2, 0.25) is 0 Å². The van der Waals surface area contributed by atoms with Gasteiger partial charge in [0.25, 0.3) is 0 Å². The third-order valence-corrected chi connectivity index (χ3v) is 4.45. The van der Waals surface area contributed by atoms with Gasteiger partial charge in [-0.15, -0.1) is 0 Å². The van der Waals surface area contributed by atoms with E-state index in [4.69, 9.17) is 0 Å². The first kappa shape index (κ1) is 11.9. The van der Waals surface area contributed by atoms with Crippen LogP contribution in [0, 0.1) is 0 Å². The van der Waals surface area contributed by atoms with E-state index in [1.54, 1.807) is 0 Å². The molecule has 1 aliphatic carbocycles. The Labute approximate surface area is 116 Å². The van der Waals surface area contributed by atoms with Crippen molar-refractivity contribution in [3.8, 4) is 11.1 Å². The van der Waals surface area contributed by atoms with E-state index in [1.165, 1.54) is 35.1 Å². The van der Waals surface area contributed by atoms with E-state index in [0.29, 0.717) is 6.04 Å². The first-order valence-corrected chi connectivity index (χ1v) is 7.14. The first-order valence-electron chi connectivity index (χ1n) is 6.34. The van der Waals surface area contributed by atoms with Crippen LogP contribution in [0.4, 0.5) is 0 Å². The quantitative estimate of drug-likeness (QED) is 0.871. The minimum Gasteiger partial charge on any atom is -0.313 e. The summed E-state index contributed by atoms with van der Waals surface area (Å²) in [5.41, 5.74) is 5.53. The Morgan fingerprint density at radius 3 is 2.78 bits per heavy atom. The molecule has 1 atom stereocenters. The maximum Gasteiger partial charge on any atom is 0.0323 e. The summed E-state index contributed by atoms with van der Waals surface area (Å²) in [7, 11) is 2.04. The van der Waals surface area contributed by atoms with E-state index in [9.17, 15) is 0 Å². The highest BCUT2D eigenvalue weighted by molar-refractivity contribution is 9.10. The SMILES string of the molecule is CNC1CCc2cc(-c3ccccc3Br)ccc21. The van der Waals surface area contributed by atoms with Gasteiger partial charge in [0.05, 0.1) is 0 Å². The Balaban J connectivity index is 2.04. The Morgan fingerprint density at radius 1 is 1.17 bits per heavy atom. The van der Waals surface area contributed by atoms with Gasteiger partial charge in [-0.05, 0) is 48.2 Å². The summed E-state index contributed by atoms with van der Waals surface area (Å²) >= 11 is 3.63. The summed E-state index contributed by atoms with van der Waals surface area (Å²) in [5.74, 6) is 0. The molecule has 1 aliphatic rings. The van der Waals surface area contributed by atoms with Gasteiger partial charge in [0.1, 0.15) is 0 Å². The van der Waals surface area contributed by atoms with Crippen molar-refractivity contribution in [1.82, 2.24) is 5.32 Å². The van der Waals surface area contributed by atoms with Crippen molar-refractivity contribution in [2.24, 2.45) is 0 Å². The fourth-order valence-electron chi connectivity index (χ4n) is 2.78. The molecule has 0 heterocycles. The standard InChI is InChI=1S/C16H16BrN/c1-18-16-9-7-12-10-11(6-8-14(12)16)13-4-2-3-5-15(13)17/h2-6,8,10,16,18H,7,9H2,1H3.